The molecule has 0 saturated heterocycles. The van der Waals surface area contributed by atoms with Gasteiger partial charge >= 0.3 is 0 Å². The van der Waals surface area contributed by atoms with Gasteiger partial charge in [0, 0.05) is 12.1 Å². The summed E-state index contributed by atoms with van der Waals surface area (Å²) in [6.45, 7) is 3.49. The van der Waals surface area contributed by atoms with Crippen molar-refractivity contribution in [1.29, 1.82) is 0 Å². The van der Waals surface area contributed by atoms with Crippen LogP contribution in [0, 0.1) is 11.6 Å². The maximum Gasteiger partial charge on any atom is 0.221 e. The molecule has 0 aromatic heterocycles. The van der Waals surface area contributed by atoms with E-state index in [0.29, 0.717) is 17.7 Å². The molecule has 0 bridgehead atoms. The third-order valence-corrected chi connectivity index (χ3v) is 3.77. The van der Waals surface area contributed by atoms with Crippen molar-refractivity contribution in [1.82, 2.24) is 5.32 Å². The minimum absolute atomic E-state index is 0. The minimum atomic E-state index is -0.929. The van der Waals surface area contributed by atoms with Crippen LogP contribution in [-0.4, -0.2) is 5.91 Å². The average molecular weight is 355 g/mol. The highest BCUT2D eigenvalue weighted by atomic mass is 35.5. The Morgan fingerprint density at radius 3 is 2.42 bits per heavy atom. The van der Waals surface area contributed by atoms with Crippen molar-refractivity contribution in [2.24, 2.45) is 0 Å². The quantitative estimate of drug-likeness (QED) is 0.799. The summed E-state index contributed by atoms with van der Waals surface area (Å²) in [5, 5.41) is 2.84. The number of benzene rings is 2. The van der Waals surface area contributed by atoms with Crippen LogP contribution in [0.4, 0.5) is 14.5 Å². The highest BCUT2D eigenvalue weighted by Gasteiger charge is 2.24. The summed E-state index contributed by atoms with van der Waals surface area (Å²) in [4.78, 5) is 12.1. The fourth-order valence-electron chi connectivity index (χ4n) is 2.38. The van der Waals surface area contributed by atoms with Crippen molar-refractivity contribution >= 4 is 24.0 Å². The van der Waals surface area contributed by atoms with Gasteiger partial charge in [0.15, 0.2) is 11.6 Å². The number of hydrogen-bond acceptors (Lipinski definition) is 2. The van der Waals surface area contributed by atoms with E-state index in [-0.39, 0.29) is 24.7 Å². The summed E-state index contributed by atoms with van der Waals surface area (Å²) >= 11 is 0. The average Bonchev–Trinajstić information content (AvgIpc) is 2.48. The smallest absolute Gasteiger partial charge is 0.221 e. The Labute approximate surface area is 146 Å². The first-order valence-corrected chi connectivity index (χ1v) is 7.39. The SMILES string of the molecule is CC(C)(NC(=O)CCc1ccccc1N)c1ccc(F)c(F)c1.Cl. The molecule has 130 valence electrons. The molecule has 2 aromatic rings. The predicted octanol–water partition coefficient (Wildman–Crippen LogP) is 3.95. The lowest BCUT2D eigenvalue weighted by Crippen LogP contribution is -2.41. The van der Waals surface area contributed by atoms with Gasteiger partial charge in [0.2, 0.25) is 5.91 Å². The van der Waals surface area contributed by atoms with Gasteiger partial charge in [-0.2, -0.15) is 0 Å². The molecule has 0 atom stereocenters. The fourth-order valence-corrected chi connectivity index (χ4v) is 2.38. The number of nitrogen functional groups attached to an aromatic ring is 1. The summed E-state index contributed by atoms with van der Waals surface area (Å²) in [5.41, 5.74) is 7.12. The third kappa shape index (κ3) is 4.93. The van der Waals surface area contributed by atoms with Crippen molar-refractivity contribution in [3.05, 3.63) is 65.2 Å². The lowest BCUT2D eigenvalue weighted by atomic mass is 9.93. The molecule has 2 aromatic carbocycles. The van der Waals surface area contributed by atoms with Crippen LogP contribution >= 0.6 is 12.4 Å². The van der Waals surface area contributed by atoms with E-state index >= 15 is 0 Å². The maximum atomic E-state index is 13.4. The van der Waals surface area contributed by atoms with Crippen molar-refractivity contribution in [2.75, 3.05) is 5.73 Å². The van der Waals surface area contributed by atoms with E-state index in [1.165, 1.54) is 6.07 Å². The number of nitrogens with one attached hydrogen (secondary N) is 1. The molecule has 0 radical (unpaired) electrons. The second-order valence-corrected chi connectivity index (χ2v) is 6.00. The van der Waals surface area contributed by atoms with Gasteiger partial charge in [0.05, 0.1) is 5.54 Å². The molecule has 0 heterocycles. The summed E-state index contributed by atoms with van der Waals surface area (Å²) in [6, 6.07) is 11.0. The van der Waals surface area contributed by atoms with Gasteiger partial charge in [0.25, 0.3) is 0 Å². The van der Waals surface area contributed by atoms with Crippen LogP contribution in [-0.2, 0) is 16.8 Å². The highest BCUT2D eigenvalue weighted by molar-refractivity contribution is 5.85. The predicted molar refractivity (Wildman–Crippen MR) is 94.0 cm³/mol. The van der Waals surface area contributed by atoms with Gasteiger partial charge in [-0.25, -0.2) is 8.78 Å². The number of para-hydroxylation sites is 1. The Morgan fingerprint density at radius 2 is 1.79 bits per heavy atom. The lowest BCUT2D eigenvalue weighted by molar-refractivity contribution is -0.122. The Bertz CT molecular complexity index is 720. The molecule has 0 fully saturated rings. The van der Waals surface area contributed by atoms with Crippen LogP contribution in [0.2, 0.25) is 0 Å². The molecule has 1 amide bonds. The van der Waals surface area contributed by atoms with Gasteiger partial charge in [-0.1, -0.05) is 24.3 Å². The minimum Gasteiger partial charge on any atom is -0.399 e. The van der Waals surface area contributed by atoms with E-state index in [2.05, 4.69) is 5.32 Å². The van der Waals surface area contributed by atoms with E-state index in [4.69, 9.17) is 5.73 Å². The Hall–Kier alpha value is -2.14. The zero-order chi connectivity index (χ0) is 17.0. The number of aryl methyl sites for hydroxylation is 1. The Kier molecular flexibility index (Phi) is 6.72. The molecule has 2 rings (SSSR count). The van der Waals surface area contributed by atoms with Crippen molar-refractivity contribution in [2.45, 2.75) is 32.2 Å². The largest absolute Gasteiger partial charge is 0.399 e. The second kappa shape index (κ2) is 8.11. The first kappa shape index (κ1) is 19.9. The molecule has 0 spiro atoms. The van der Waals surface area contributed by atoms with Crippen LogP contribution in [0.15, 0.2) is 42.5 Å². The standard InChI is InChI=1S/C18H20F2N2O.ClH/c1-18(2,13-8-9-14(19)15(20)11-13)22-17(23)10-7-12-5-3-4-6-16(12)21;/h3-6,8-9,11H,7,10,21H2,1-2H3,(H,22,23);1H. The van der Waals surface area contributed by atoms with Crippen LogP contribution < -0.4 is 11.1 Å². The first-order chi connectivity index (χ1) is 10.8. The number of amides is 1. The van der Waals surface area contributed by atoms with Gasteiger partial charge in [-0.05, 0) is 49.6 Å². The van der Waals surface area contributed by atoms with E-state index in [0.717, 1.165) is 17.7 Å². The van der Waals surface area contributed by atoms with Gasteiger partial charge in [0.1, 0.15) is 0 Å². The van der Waals surface area contributed by atoms with E-state index in [9.17, 15) is 13.6 Å². The number of carbonyl (C=O) groups is 1. The molecule has 0 aliphatic carbocycles. The van der Waals surface area contributed by atoms with E-state index in [1.807, 2.05) is 18.2 Å². The van der Waals surface area contributed by atoms with Crippen LogP contribution in [0.5, 0.6) is 0 Å². The molecule has 6 heteroatoms. The first-order valence-electron chi connectivity index (χ1n) is 7.39. The summed E-state index contributed by atoms with van der Waals surface area (Å²) < 4.78 is 26.4. The molecular formula is C18H21ClF2N2O. The molecule has 3 N–H and O–H groups in total. The van der Waals surface area contributed by atoms with E-state index in [1.54, 1.807) is 19.9 Å². The number of rotatable bonds is 5. The monoisotopic (exact) mass is 354 g/mol. The summed E-state index contributed by atoms with van der Waals surface area (Å²) in [5.74, 6) is -2.01. The lowest BCUT2D eigenvalue weighted by Gasteiger charge is -2.27. The normalized spacial score (nSPS) is 10.8. The number of halogens is 3. The number of hydrogen-bond donors (Lipinski definition) is 2. The zero-order valence-corrected chi connectivity index (χ0v) is 14.4. The summed E-state index contributed by atoms with van der Waals surface area (Å²) in [6.07, 6.45) is 0.785. The molecule has 0 aliphatic heterocycles. The Morgan fingerprint density at radius 1 is 1.12 bits per heavy atom. The maximum absolute atomic E-state index is 13.4. The Balaban J connectivity index is 0.00000288. The van der Waals surface area contributed by atoms with Crippen LogP contribution in [0.1, 0.15) is 31.4 Å². The van der Waals surface area contributed by atoms with Gasteiger partial charge in [-0.15, -0.1) is 12.4 Å². The molecular weight excluding hydrogens is 334 g/mol. The molecule has 3 nitrogen and oxygen atoms in total. The van der Waals surface area contributed by atoms with Gasteiger partial charge < -0.3 is 11.1 Å². The molecule has 0 unspecified atom stereocenters. The van der Waals surface area contributed by atoms with Crippen molar-refractivity contribution < 1.29 is 13.6 Å². The van der Waals surface area contributed by atoms with E-state index < -0.39 is 17.2 Å². The zero-order valence-electron chi connectivity index (χ0n) is 13.6. The molecule has 0 saturated carbocycles. The van der Waals surface area contributed by atoms with Gasteiger partial charge in [-0.3, -0.25) is 4.79 Å². The van der Waals surface area contributed by atoms with Crippen molar-refractivity contribution in [3.63, 3.8) is 0 Å². The van der Waals surface area contributed by atoms with Crippen LogP contribution in [0.3, 0.4) is 0 Å². The molecule has 24 heavy (non-hydrogen) atoms. The third-order valence-electron chi connectivity index (χ3n) is 3.77. The fraction of sp³-hybridized carbons (Fsp3) is 0.278. The second-order valence-electron chi connectivity index (χ2n) is 6.00. The van der Waals surface area contributed by atoms with Crippen LogP contribution in [0.25, 0.3) is 0 Å². The number of carbonyl (C=O) groups excluding carboxylic acids is 1. The highest BCUT2D eigenvalue weighted by Crippen LogP contribution is 2.22. The number of nitrogens with two attached hydrogens (primary N) is 1. The number of anilines is 1. The topological polar surface area (TPSA) is 55.1 Å². The molecule has 0 aliphatic rings. The summed E-state index contributed by atoms with van der Waals surface area (Å²) in [7, 11) is 0. The van der Waals surface area contributed by atoms with Crippen molar-refractivity contribution in [3.8, 4) is 0 Å².